The molecule has 6 heteroatoms. The first kappa shape index (κ1) is 12.2. The van der Waals surface area contributed by atoms with Gasteiger partial charge in [0.1, 0.15) is 12.9 Å². The fourth-order valence-electron chi connectivity index (χ4n) is 1.05. The fraction of sp³-hybridized carbons (Fsp3) is 0.100. The molecule has 0 unspecified atom stereocenters. The molecule has 0 aliphatic heterocycles. The molecule has 0 spiro atoms. The van der Waals surface area contributed by atoms with Gasteiger partial charge in [0, 0.05) is 17.2 Å². The Morgan fingerprint density at radius 2 is 2.25 bits per heavy atom. The van der Waals surface area contributed by atoms with Crippen LogP contribution >= 0.6 is 11.6 Å². The standard InChI is InChI=1S/C10H8ClNO4/c11-4-1-5-16-10-3-2-8(7-13)6-9(10)12(14)15/h1-4,6-7H,5H2/b4-1+. The molecule has 0 fully saturated rings. The first-order chi connectivity index (χ1) is 7.69. The molecule has 84 valence electrons. The first-order valence-electron chi connectivity index (χ1n) is 4.30. The molecule has 1 aromatic rings. The number of carbonyl (C=O) groups excluding carboxylic acids is 1. The third-order valence-electron chi connectivity index (χ3n) is 1.74. The van der Waals surface area contributed by atoms with Gasteiger partial charge >= 0.3 is 5.69 Å². The van der Waals surface area contributed by atoms with Crippen molar-refractivity contribution >= 4 is 23.6 Å². The summed E-state index contributed by atoms with van der Waals surface area (Å²) in [5, 5.41) is 10.7. The zero-order valence-corrected chi connectivity index (χ0v) is 8.89. The summed E-state index contributed by atoms with van der Waals surface area (Å²) in [5.41, 5.74) is 1.24. The highest BCUT2D eigenvalue weighted by Crippen LogP contribution is 2.27. The Labute approximate surface area is 96.4 Å². The van der Waals surface area contributed by atoms with E-state index in [0.29, 0.717) is 6.29 Å². The summed E-state index contributed by atoms with van der Waals surface area (Å²) in [6.07, 6.45) is 2.04. The molecule has 5 nitrogen and oxygen atoms in total. The van der Waals surface area contributed by atoms with Crippen molar-refractivity contribution < 1.29 is 14.5 Å². The van der Waals surface area contributed by atoms with Gasteiger partial charge in [0.05, 0.1) is 4.92 Å². The van der Waals surface area contributed by atoms with Crippen LogP contribution in [0.3, 0.4) is 0 Å². The van der Waals surface area contributed by atoms with Crippen LogP contribution < -0.4 is 4.74 Å². The van der Waals surface area contributed by atoms with Crippen LogP contribution in [0.25, 0.3) is 0 Å². The minimum absolute atomic E-state index is 0.102. The van der Waals surface area contributed by atoms with Gasteiger partial charge in [-0.1, -0.05) is 11.6 Å². The molecule has 0 N–H and O–H groups in total. The number of carbonyl (C=O) groups is 1. The van der Waals surface area contributed by atoms with E-state index >= 15 is 0 Å². The molecule has 0 amide bonds. The van der Waals surface area contributed by atoms with Gasteiger partial charge in [-0.15, -0.1) is 0 Å². The van der Waals surface area contributed by atoms with Crippen LogP contribution in [0.4, 0.5) is 5.69 Å². The normalized spacial score (nSPS) is 10.3. The Hall–Kier alpha value is -1.88. The molecule has 0 saturated carbocycles. The molecule has 0 heterocycles. The molecular weight excluding hydrogens is 234 g/mol. The predicted molar refractivity (Wildman–Crippen MR) is 59.0 cm³/mol. The number of aldehydes is 1. The van der Waals surface area contributed by atoms with Crippen molar-refractivity contribution in [3.8, 4) is 5.75 Å². The first-order valence-corrected chi connectivity index (χ1v) is 4.74. The van der Waals surface area contributed by atoms with E-state index in [1.807, 2.05) is 0 Å². The third kappa shape index (κ3) is 3.06. The highest BCUT2D eigenvalue weighted by Gasteiger charge is 2.15. The Bertz CT molecular complexity index is 431. The maximum absolute atomic E-state index is 10.7. The Morgan fingerprint density at radius 1 is 1.50 bits per heavy atom. The van der Waals surface area contributed by atoms with E-state index in [0.717, 1.165) is 6.07 Å². The smallest absolute Gasteiger partial charge is 0.311 e. The van der Waals surface area contributed by atoms with Crippen LogP contribution in [0.15, 0.2) is 29.8 Å². The number of hydrogen-bond donors (Lipinski definition) is 0. The molecule has 1 rings (SSSR count). The van der Waals surface area contributed by atoms with Gasteiger partial charge in [0.2, 0.25) is 0 Å². The van der Waals surface area contributed by atoms with Gasteiger partial charge in [0.15, 0.2) is 5.75 Å². The monoisotopic (exact) mass is 241 g/mol. The second-order valence-corrected chi connectivity index (χ2v) is 3.03. The van der Waals surface area contributed by atoms with Crippen LogP contribution in [-0.4, -0.2) is 17.8 Å². The average Bonchev–Trinajstić information content (AvgIpc) is 2.29. The number of rotatable bonds is 5. The van der Waals surface area contributed by atoms with Gasteiger partial charge in [-0.2, -0.15) is 0 Å². The van der Waals surface area contributed by atoms with Gasteiger partial charge in [0.25, 0.3) is 0 Å². The number of nitro groups is 1. The Kier molecular flexibility index (Phi) is 4.47. The van der Waals surface area contributed by atoms with E-state index in [-0.39, 0.29) is 23.6 Å². The lowest BCUT2D eigenvalue weighted by Crippen LogP contribution is -1.99. The van der Waals surface area contributed by atoms with E-state index in [1.165, 1.54) is 23.7 Å². The maximum Gasteiger partial charge on any atom is 0.311 e. The maximum atomic E-state index is 10.7. The molecule has 1 aromatic carbocycles. The van der Waals surface area contributed by atoms with E-state index in [1.54, 1.807) is 0 Å². The molecule has 0 aliphatic carbocycles. The lowest BCUT2D eigenvalue weighted by molar-refractivity contribution is -0.385. The number of nitrogens with zero attached hydrogens (tertiary/aromatic N) is 1. The fourth-order valence-corrected chi connectivity index (χ4v) is 1.12. The number of hydrogen-bond acceptors (Lipinski definition) is 4. The van der Waals surface area contributed by atoms with Crippen molar-refractivity contribution in [3.63, 3.8) is 0 Å². The summed E-state index contributed by atoms with van der Waals surface area (Å²) in [6, 6.07) is 3.98. The van der Waals surface area contributed by atoms with E-state index < -0.39 is 4.92 Å². The molecule has 0 atom stereocenters. The summed E-state index contributed by atoms with van der Waals surface area (Å²) in [7, 11) is 0. The summed E-state index contributed by atoms with van der Waals surface area (Å²) < 4.78 is 5.11. The highest BCUT2D eigenvalue weighted by atomic mass is 35.5. The summed E-state index contributed by atoms with van der Waals surface area (Å²) in [4.78, 5) is 20.5. The van der Waals surface area contributed by atoms with Crippen LogP contribution in [0.1, 0.15) is 10.4 Å². The number of halogens is 1. The van der Waals surface area contributed by atoms with Gasteiger partial charge in [-0.3, -0.25) is 14.9 Å². The van der Waals surface area contributed by atoms with E-state index in [2.05, 4.69) is 0 Å². The lowest BCUT2D eigenvalue weighted by Gasteiger charge is -2.04. The van der Waals surface area contributed by atoms with Crippen molar-refractivity contribution in [2.24, 2.45) is 0 Å². The molecule has 0 saturated heterocycles. The SMILES string of the molecule is O=Cc1ccc(OC/C=C/Cl)c([N+](=O)[O-])c1. The highest BCUT2D eigenvalue weighted by molar-refractivity contribution is 6.25. The number of ether oxygens (including phenoxy) is 1. The molecule has 16 heavy (non-hydrogen) atoms. The lowest BCUT2D eigenvalue weighted by atomic mass is 10.2. The van der Waals surface area contributed by atoms with Crippen molar-refractivity contribution in [2.75, 3.05) is 6.61 Å². The number of benzene rings is 1. The second-order valence-electron chi connectivity index (χ2n) is 2.77. The van der Waals surface area contributed by atoms with E-state index in [9.17, 15) is 14.9 Å². The summed E-state index contributed by atoms with van der Waals surface area (Å²) in [6.45, 7) is 0.130. The summed E-state index contributed by atoms with van der Waals surface area (Å²) >= 11 is 5.28. The van der Waals surface area contributed by atoms with Crippen LogP contribution in [0.2, 0.25) is 0 Å². The van der Waals surface area contributed by atoms with Crippen molar-refractivity contribution in [2.45, 2.75) is 0 Å². The van der Waals surface area contributed by atoms with Crippen LogP contribution in [-0.2, 0) is 0 Å². The molecule has 0 bridgehead atoms. The quantitative estimate of drug-likeness (QED) is 0.451. The minimum atomic E-state index is -0.604. The van der Waals surface area contributed by atoms with Crippen LogP contribution in [0.5, 0.6) is 5.75 Å². The van der Waals surface area contributed by atoms with E-state index in [4.69, 9.17) is 16.3 Å². The second kappa shape index (κ2) is 5.87. The minimum Gasteiger partial charge on any atom is -0.483 e. The van der Waals surface area contributed by atoms with Crippen molar-refractivity contribution in [1.82, 2.24) is 0 Å². The Balaban J connectivity index is 2.98. The molecule has 0 radical (unpaired) electrons. The van der Waals surface area contributed by atoms with Gasteiger partial charge in [-0.05, 0) is 18.2 Å². The molecular formula is C10H8ClNO4. The average molecular weight is 242 g/mol. The number of nitro benzene ring substituents is 1. The Morgan fingerprint density at radius 3 is 2.81 bits per heavy atom. The van der Waals surface area contributed by atoms with Crippen molar-refractivity contribution in [1.29, 1.82) is 0 Å². The van der Waals surface area contributed by atoms with Crippen LogP contribution in [0, 0.1) is 10.1 Å². The topological polar surface area (TPSA) is 69.4 Å². The zero-order chi connectivity index (χ0) is 12.0. The molecule has 0 aromatic heterocycles. The summed E-state index contributed by atoms with van der Waals surface area (Å²) in [5.74, 6) is 0.102. The van der Waals surface area contributed by atoms with Gasteiger partial charge in [-0.25, -0.2) is 0 Å². The molecule has 0 aliphatic rings. The predicted octanol–water partition coefficient (Wildman–Crippen LogP) is 2.54. The van der Waals surface area contributed by atoms with Gasteiger partial charge < -0.3 is 4.74 Å². The largest absolute Gasteiger partial charge is 0.483 e. The zero-order valence-electron chi connectivity index (χ0n) is 8.13. The van der Waals surface area contributed by atoms with Crippen molar-refractivity contribution in [3.05, 3.63) is 45.5 Å². The third-order valence-corrected chi connectivity index (χ3v) is 1.92.